The highest BCUT2D eigenvalue weighted by atomic mass is 16.5. The second-order valence-corrected chi connectivity index (χ2v) is 5.02. The van der Waals surface area contributed by atoms with Crippen LogP contribution in [0.25, 0.3) is 27.4 Å². The molecule has 2 heterocycles. The molecule has 0 atom stereocenters. The van der Waals surface area contributed by atoms with E-state index in [1.54, 1.807) is 0 Å². The molecule has 1 aliphatic rings. The van der Waals surface area contributed by atoms with Gasteiger partial charge in [0.1, 0.15) is 12.4 Å². The van der Waals surface area contributed by atoms with Crippen molar-refractivity contribution in [2.75, 3.05) is 6.61 Å². The summed E-state index contributed by atoms with van der Waals surface area (Å²) in [6.45, 7) is 7.85. The molecule has 0 N–H and O–H groups in total. The van der Waals surface area contributed by atoms with Crippen LogP contribution in [0.1, 0.15) is 12.5 Å². The Kier molecular flexibility index (Phi) is 2.05. The number of nitrogens with zero attached hydrogens (tertiary/aromatic N) is 1. The van der Waals surface area contributed by atoms with E-state index >= 15 is 0 Å². The Morgan fingerprint density at radius 1 is 1.16 bits per heavy atom. The Labute approximate surface area is 111 Å². The predicted molar refractivity (Wildman–Crippen MR) is 79.6 cm³/mol. The molecule has 0 aliphatic carbocycles. The van der Waals surface area contributed by atoms with E-state index in [0.717, 1.165) is 23.4 Å². The molecule has 3 aromatic rings. The SMILES string of the molecule is C=C1COc2cc3c4ccccc4n(CC)c3cc21. The van der Waals surface area contributed by atoms with E-state index < -0.39 is 0 Å². The van der Waals surface area contributed by atoms with Crippen molar-refractivity contribution in [2.24, 2.45) is 0 Å². The van der Waals surface area contributed by atoms with E-state index in [9.17, 15) is 0 Å². The van der Waals surface area contributed by atoms with Crippen LogP contribution in [0.5, 0.6) is 5.75 Å². The van der Waals surface area contributed by atoms with Gasteiger partial charge >= 0.3 is 0 Å². The first-order valence-electron chi connectivity index (χ1n) is 6.65. The number of aryl methyl sites for hydroxylation is 1. The third-order valence-electron chi connectivity index (χ3n) is 3.97. The van der Waals surface area contributed by atoms with Crippen molar-refractivity contribution < 1.29 is 4.74 Å². The van der Waals surface area contributed by atoms with Crippen molar-refractivity contribution in [3.05, 3.63) is 48.5 Å². The van der Waals surface area contributed by atoms with Crippen LogP contribution >= 0.6 is 0 Å². The van der Waals surface area contributed by atoms with Gasteiger partial charge in [0.25, 0.3) is 0 Å². The fourth-order valence-corrected chi connectivity index (χ4v) is 3.05. The molecule has 94 valence electrons. The number of fused-ring (bicyclic) bond motifs is 4. The van der Waals surface area contributed by atoms with Crippen molar-refractivity contribution in [3.8, 4) is 5.75 Å². The minimum atomic E-state index is 0.617. The molecule has 2 heteroatoms. The monoisotopic (exact) mass is 249 g/mol. The average Bonchev–Trinajstić information content (AvgIpc) is 2.95. The third kappa shape index (κ3) is 1.31. The molecule has 0 amide bonds. The summed E-state index contributed by atoms with van der Waals surface area (Å²) in [5.74, 6) is 0.969. The first-order valence-corrected chi connectivity index (χ1v) is 6.65. The predicted octanol–water partition coefficient (Wildman–Crippen LogP) is 4.22. The smallest absolute Gasteiger partial charge is 0.128 e. The van der Waals surface area contributed by atoms with Gasteiger partial charge in [-0.25, -0.2) is 0 Å². The maximum absolute atomic E-state index is 5.70. The summed E-state index contributed by atoms with van der Waals surface area (Å²) < 4.78 is 8.06. The first-order chi connectivity index (χ1) is 9.29. The van der Waals surface area contributed by atoms with Gasteiger partial charge in [-0.05, 0) is 30.7 Å². The van der Waals surface area contributed by atoms with Gasteiger partial charge in [-0.15, -0.1) is 0 Å². The van der Waals surface area contributed by atoms with Crippen molar-refractivity contribution in [1.29, 1.82) is 0 Å². The Bertz CT molecular complexity index is 826. The van der Waals surface area contributed by atoms with E-state index in [-0.39, 0.29) is 0 Å². The molecule has 19 heavy (non-hydrogen) atoms. The summed E-state index contributed by atoms with van der Waals surface area (Å²) in [5.41, 5.74) is 4.79. The zero-order valence-electron chi connectivity index (χ0n) is 10.9. The van der Waals surface area contributed by atoms with Crippen LogP contribution < -0.4 is 4.74 Å². The zero-order valence-corrected chi connectivity index (χ0v) is 10.9. The molecule has 2 aromatic carbocycles. The maximum atomic E-state index is 5.70. The van der Waals surface area contributed by atoms with Gasteiger partial charge in [0, 0.05) is 33.9 Å². The van der Waals surface area contributed by atoms with E-state index in [1.807, 2.05) is 0 Å². The highest BCUT2D eigenvalue weighted by Gasteiger charge is 2.19. The van der Waals surface area contributed by atoms with Crippen LogP contribution in [0, 0.1) is 0 Å². The van der Waals surface area contributed by atoms with Gasteiger partial charge in [0.2, 0.25) is 0 Å². The van der Waals surface area contributed by atoms with Crippen molar-refractivity contribution in [1.82, 2.24) is 4.57 Å². The summed E-state index contributed by atoms with van der Waals surface area (Å²) in [4.78, 5) is 0. The largest absolute Gasteiger partial charge is 0.488 e. The van der Waals surface area contributed by atoms with E-state index in [0.29, 0.717) is 6.61 Å². The fourth-order valence-electron chi connectivity index (χ4n) is 3.05. The summed E-state index contributed by atoms with van der Waals surface area (Å²) in [6, 6.07) is 12.9. The van der Waals surface area contributed by atoms with Gasteiger partial charge in [-0.3, -0.25) is 0 Å². The lowest BCUT2D eigenvalue weighted by atomic mass is 10.1. The summed E-state index contributed by atoms with van der Waals surface area (Å²) in [7, 11) is 0. The van der Waals surface area contributed by atoms with Gasteiger partial charge in [0.05, 0.1) is 0 Å². The van der Waals surface area contributed by atoms with Crippen LogP contribution in [0.15, 0.2) is 43.0 Å². The first kappa shape index (κ1) is 10.7. The topological polar surface area (TPSA) is 14.2 Å². The number of rotatable bonds is 1. The van der Waals surface area contributed by atoms with E-state index in [1.165, 1.54) is 21.8 Å². The van der Waals surface area contributed by atoms with Gasteiger partial charge in [-0.2, -0.15) is 0 Å². The van der Waals surface area contributed by atoms with Crippen molar-refractivity contribution in [2.45, 2.75) is 13.5 Å². The maximum Gasteiger partial charge on any atom is 0.128 e. The van der Waals surface area contributed by atoms with Crippen molar-refractivity contribution in [3.63, 3.8) is 0 Å². The minimum Gasteiger partial charge on any atom is -0.488 e. The molecule has 0 saturated heterocycles. The molecule has 0 radical (unpaired) electrons. The number of aromatic nitrogens is 1. The van der Waals surface area contributed by atoms with Crippen molar-refractivity contribution >= 4 is 27.4 Å². The number of para-hydroxylation sites is 1. The average molecular weight is 249 g/mol. The van der Waals surface area contributed by atoms with Gasteiger partial charge in [0.15, 0.2) is 0 Å². The Balaban J connectivity index is 2.21. The summed E-state index contributed by atoms with van der Waals surface area (Å²) in [6.07, 6.45) is 0. The third-order valence-corrected chi connectivity index (χ3v) is 3.97. The quantitative estimate of drug-likeness (QED) is 0.630. The summed E-state index contributed by atoms with van der Waals surface area (Å²) >= 11 is 0. The summed E-state index contributed by atoms with van der Waals surface area (Å²) in [5, 5.41) is 2.56. The van der Waals surface area contributed by atoms with E-state index in [2.05, 4.69) is 54.5 Å². The molecule has 1 aromatic heterocycles. The molecule has 0 bridgehead atoms. The van der Waals surface area contributed by atoms with Crippen LogP contribution in [-0.4, -0.2) is 11.2 Å². The highest BCUT2D eigenvalue weighted by molar-refractivity contribution is 6.09. The van der Waals surface area contributed by atoms with Crippen LogP contribution in [-0.2, 0) is 6.54 Å². The van der Waals surface area contributed by atoms with Crippen LogP contribution in [0.2, 0.25) is 0 Å². The van der Waals surface area contributed by atoms with Gasteiger partial charge < -0.3 is 9.30 Å². The lowest BCUT2D eigenvalue weighted by Crippen LogP contribution is -1.93. The molecule has 2 nitrogen and oxygen atoms in total. The second-order valence-electron chi connectivity index (χ2n) is 5.02. The number of benzene rings is 2. The zero-order chi connectivity index (χ0) is 13.0. The minimum absolute atomic E-state index is 0.617. The molecular weight excluding hydrogens is 234 g/mol. The molecule has 0 spiro atoms. The normalized spacial score (nSPS) is 14.1. The Morgan fingerprint density at radius 2 is 2.00 bits per heavy atom. The van der Waals surface area contributed by atoms with Gasteiger partial charge in [-0.1, -0.05) is 24.8 Å². The van der Waals surface area contributed by atoms with Crippen LogP contribution in [0.3, 0.4) is 0 Å². The lowest BCUT2D eigenvalue weighted by Gasteiger charge is -2.04. The fraction of sp³-hybridized carbons (Fsp3) is 0.176. The molecular formula is C17H15NO. The molecule has 4 rings (SSSR count). The molecule has 0 unspecified atom stereocenters. The Morgan fingerprint density at radius 3 is 2.84 bits per heavy atom. The number of hydrogen-bond donors (Lipinski definition) is 0. The van der Waals surface area contributed by atoms with Crippen LogP contribution in [0.4, 0.5) is 0 Å². The molecule has 0 fully saturated rings. The second kappa shape index (κ2) is 3.64. The molecule has 1 aliphatic heterocycles. The standard InChI is InChI=1S/C17H15NO/c1-3-18-15-7-5-4-6-12(15)14-9-17-13(8-16(14)18)11(2)10-19-17/h4-9H,2-3,10H2,1H3. The lowest BCUT2D eigenvalue weighted by molar-refractivity contribution is 0.389. The Hall–Kier alpha value is -2.22. The highest BCUT2D eigenvalue weighted by Crippen LogP contribution is 2.39. The van der Waals surface area contributed by atoms with E-state index in [4.69, 9.17) is 4.74 Å². The molecule has 0 saturated carbocycles. The number of ether oxygens (including phenoxy) is 1. The number of hydrogen-bond acceptors (Lipinski definition) is 1.